The lowest BCUT2D eigenvalue weighted by Crippen LogP contribution is -2.41. The van der Waals surface area contributed by atoms with E-state index < -0.39 is 12.0 Å². The zero-order chi connectivity index (χ0) is 27.1. The Labute approximate surface area is 228 Å². The van der Waals surface area contributed by atoms with Gasteiger partial charge in [-0.25, -0.2) is 9.79 Å². The number of esters is 1. The fourth-order valence-electron chi connectivity index (χ4n) is 5.25. The first-order valence-corrected chi connectivity index (χ1v) is 13.6. The molecule has 3 aromatic carbocycles. The number of carbonyl (C=O) groups is 2. The van der Waals surface area contributed by atoms with Crippen LogP contribution in [0.15, 0.2) is 100 Å². The summed E-state index contributed by atoms with van der Waals surface area (Å²) >= 11 is 1.18. The van der Waals surface area contributed by atoms with E-state index in [1.807, 2.05) is 91.9 Å². The second-order valence-corrected chi connectivity index (χ2v) is 10.1. The van der Waals surface area contributed by atoms with Crippen molar-refractivity contribution in [1.29, 1.82) is 0 Å². The minimum absolute atomic E-state index is 0.179. The first-order valence-electron chi connectivity index (χ1n) is 12.8. The molecule has 2 aliphatic rings. The molecule has 0 radical (unpaired) electrons. The third-order valence-electron chi connectivity index (χ3n) is 6.93. The van der Waals surface area contributed by atoms with Crippen LogP contribution >= 0.6 is 11.3 Å². The minimum Gasteiger partial charge on any atom is -0.463 e. The third kappa shape index (κ3) is 3.95. The van der Waals surface area contributed by atoms with E-state index in [2.05, 4.69) is 0 Å². The predicted molar refractivity (Wildman–Crippen MR) is 151 cm³/mol. The molecule has 7 nitrogen and oxygen atoms in total. The molecule has 1 aromatic heterocycles. The van der Waals surface area contributed by atoms with Crippen LogP contribution in [0.5, 0.6) is 0 Å². The van der Waals surface area contributed by atoms with Gasteiger partial charge in [0.1, 0.15) is 4.53 Å². The van der Waals surface area contributed by atoms with E-state index in [1.165, 1.54) is 15.9 Å². The highest BCUT2D eigenvalue weighted by Crippen LogP contribution is 2.37. The molecule has 0 N–H and O–H groups in total. The molecule has 4 aromatic rings. The molecule has 194 valence electrons. The van der Waals surface area contributed by atoms with Crippen molar-refractivity contribution in [1.82, 2.24) is 4.57 Å². The summed E-state index contributed by atoms with van der Waals surface area (Å²) in [6, 6.07) is 25.5. The van der Waals surface area contributed by atoms with Gasteiger partial charge in [-0.2, -0.15) is 0 Å². The summed E-state index contributed by atoms with van der Waals surface area (Å²) < 4.78 is 7.34. The van der Waals surface area contributed by atoms with Crippen LogP contribution < -0.4 is 19.8 Å². The van der Waals surface area contributed by atoms with Gasteiger partial charge in [0, 0.05) is 17.7 Å². The SMILES string of the molecule is CCOC(=O)C1=C(c2ccccc2)N=c2s/c(=C3/C(=O)N(CC)c4ccccc43)c(=O)n2[C@H]1c1ccccc1. The Morgan fingerprint density at radius 1 is 0.923 bits per heavy atom. The number of hydrogen-bond acceptors (Lipinski definition) is 6. The molecule has 0 aliphatic carbocycles. The van der Waals surface area contributed by atoms with Crippen LogP contribution in [0.25, 0.3) is 11.3 Å². The number of para-hydroxylation sites is 1. The standard InChI is InChI=1S/C31H25N3O4S/c1-3-33-22-18-12-11-17-21(22)23(28(33)35)27-29(36)34-26(20-15-9-6-10-16-20)24(30(37)38-4-2)25(32-31(34)39-27)19-13-7-5-8-14-19/h5-18,26H,3-4H2,1-2H3/b27-23+/t26-/m0/s1. The Morgan fingerprint density at radius 2 is 1.59 bits per heavy atom. The van der Waals surface area contributed by atoms with Gasteiger partial charge >= 0.3 is 5.97 Å². The highest BCUT2D eigenvalue weighted by atomic mass is 32.1. The van der Waals surface area contributed by atoms with Crippen LogP contribution in [0.1, 0.15) is 36.6 Å². The first kappa shape index (κ1) is 24.8. The Hall–Kier alpha value is -4.56. The van der Waals surface area contributed by atoms with Gasteiger partial charge in [0.2, 0.25) is 0 Å². The van der Waals surface area contributed by atoms with Crippen LogP contribution in [0, 0.1) is 0 Å². The number of hydrogen-bond donors (Lipinski definition) is 0. The molecule has 1 atom stereocenters. The Balaban J connectivity index is 1.72. The summed E-state index contributed by atoms with van der Waals surface area (Å²) in [4.78, 5) is 48.3. The number of benzene rings is 3. The smallest absolute Gasteiger partial charge is 0.338 e. The summed E-state index contributed by atoms with van der Waals surface area (Å²) in [5, 5.41) is 0. The van der Waals surface area contributed by atoms with Crippen molar-refractivity contribution in [2.75, 3.05) is 18.1 Å². The molecule has 0 spiro atoms. The zero-order valence-electron chi connectivity index (χ0n) is 21.5. The molecular formula is C31H25N3O4S. The van der Waals surface area contributed by atoms with Crippen LogP contribution in [-0.4, -0.2) is 29.6 Å². The molecule has 1 amide bonds. The molecule has 0 bridgehead atoms. The van der Waals surface area contributed by atoms with Gasteiger partial charge in [0.15, 0.2) is 4.80 Å². The lowest BCUT2D eigenvalue weighted by atomic mass is 9.93. The van der Waals surface area contributed by atoms with Crippen molar-refractivity contribution in [2.45, 2.75) is 19.9 Å². The summed E-state index contributed by atoms with van der Waals surface area (Å²) in [6.07, 6.45) is 0. The number of amides is 1. The molecule has 0 unspecified atom stereocenters. The van der Waals surface area contributed by atoms with E-state index in [0.717, 1.165) is 22.4 Å². The molecule has 39 heavy (non-hydrogen) atoms. The van der Waals surface area contributed by atoms with Crippen LogP contribution in [0.2, 0.25) is 0 Å². The molecule has 3 heterocycles. The average Bonchev–Trinajstić information content (AvgIpc) is 3.44. The number of rotatable bonds is 5. The Morgan fingerprint density at radius 3 is 2.28 bits per heavy atom. The number of aromatic nitrogens is 1. The number of likely N-dealkylation sites (N-methyl/N-ethyl adjacent to an activating group) is 1. The molecule has 0 saturated carbocycles. The van der Waals surface area contributed by atoms with Gasteiger partial charge in [-0.05, 0) is 25.5 Å². The van der Waals surface area contributed by atoms with Gasteiger partial charge in [-0.3, -0.25) is 14.2 Å². The minimum atomic E-state index is -0.778. The van der Waals surface area contributed by atoms with Gasteiger partial charge in [0.25, 0.3) is 11.5 Å². The van der Waals surface area contributed by atoms with E-state index in [4.69, 9.17) is 9.73 Å². The zero-order valence-corrected chi connectivity index (χ0v) is 22.3. The van der Waals surface area contributed by atoms with Crippen molar-refractivity contribution in [3.63, 3.8) is 0 Å². The van der Waals surface area contributed by atoms with E-state index in [9.17, 15) is 14.4 Å². The Kier molecular flexibility index (Phi) is 6.32. The molecular weight excluding hydrogens is 510 g/mol. The van der Waals surface area contributed by atoms with E-state index in [0.29, 0.717) is 27.1 Å². The van der Waals surface area contributed by atoms with E-state index in [1.54, 1.807) is 11.8 Å². The van der Waals surface area contributed by atoms with Gasteiger partial charge in [-0.1, -0.05) is 90.2 Å². The maximum atomic E-state index is 14.3. The average molecular weight is 536 g/mol. The summed E-state index contributed by atoms with van der Waals surface area (Å²) in [5.74, 6) is -0.750. The number of anilines is 1. The van der Waals surface area contributed by atoms with Gasteiger partial charge in [0.05, 0.1) is 35.2 Å². The monoisotopic (exact) mass is 535 g/mol. The number of carbonyl (C=O) groups excluding carboxylic acids is 2. The maximum Gasteiger partial charge on any atom is 0.338 e. The molecule has 6 rings (SSSR count). The van der Waals surface area contributed by atoms with Gasteiger partial charge in [-0.15, -0.1) is 0 Å². The van der Waals surface area contributed by atoms with Crippen LogP contribution in [-0.2, 0) is 14.3 Å². The fraction of sp³-hybridized carbons (Fsp3) is 0.161. The van der Waals surface area contributed by atoms with Crippen molar-refractivity contribution >= 4 is 40.2 Å². The lowest BCUT2D eigenvalue weighted by molar-refractivity contribution is -0.138. The number of fused-ring (bicyclic) bond motifs is 2. The Bertz CT molecular complexity index is 1820. The van der Waals surface area contributed by atoms with Crippen molar-refractivity contribution in [3.05, 3.63) is 127 Å². The normalized spacial score (nSPS) is 17.5. The van der Waals surface area contributed by atoms with Crippen molar-refractivity contribution in [3.8, 4) is 0 Å². The highest BCUT2D eigenvalue weighted by molar-refractivity contribution is 7.07. The molecule has 0 fully saturated rings. The van der Waals surface area contributed by atoms with E-state index >= 15 is 0 Å². The number of ether oxygens (including phenoxy) is 1. The molecule has 2 aliphatic heterocycles. The summed E-state index contributed by atoms with van der Waals surface area (Å²) in [5.41, 5.74) is 3.72. The summed E-state index contributed by atoms with van der Waals surface area (Å²) in [6.45, 7) is 4.32. The maximum absolute atomic E-state index is 14.3. The molecule has 8 heteroatoms. The predicted octanol–water partition coefficient (Wildman–Crippen LogP) is 3.67. The number of thiazole rings is 1. The third-order valence-corrected chi connectivity index (χ3v) is 7.98. The van der Waals surface area contributed by atoms with Crippen LogP contribution in [0.4, 0.5) is 5.69 Å². The number of nitrogens with zero attached hydrogens (tertiary/aromatic N) is 3. The largest absolute Gasteiger partial charge is 0.463 e. The van der Waals surface area contributed by atoms with E-state index in [-0.39, 0.29) is 23.6 Å². The molecule has 0 saturated heterocycles. The first-order chi connectivity index (χ1) is 19.0. The topological polar surface area (TPSA) is 81.0 Å². The lowest BCUT2D eigenvalue weighted by Gasteiger charge is -2.25. The second-order valence-electron chi connectivity index (χ2n) is 9.10. The van der Waals surface area contributed by atoms with Crippen molar-refractivity contribution < 1.29 is 14.3 Å². The van der Waals surface area contributed by atoms with Gasteiger partial charge < -0.3 is 9.64 Å². The summed E-state index contributed by atoms with van der Waals surface area (Å²) in [7, 11) is 0. The quantitative estimate of drug-likeness (QED) is 0.365. The fourth-order valence-corrected chi connectivity index (χ4v) is 6.35. The highest BCUT2D eigenvalue weighted by Gasteiger charge is 2.37. The second kappa shape index (κ2) is 9.96. The van der Waals surface area contributed by atoms with Crippen molar-refractivity contribution in [2.24, 2.45) is 4.99 Å². The van der Waals surface area contributed by atoms with Crippen LogP contribution in [0.3, 0.4) is 0 Å².